The van der Waals surface area contributed by atoms with E-state index in [-0.39, 0.29) is 0 Å². The van der Waals surface area contributed by atoms with Crippen LogP contribution < -0.4 is 5.73 Å². The normalized spacial score (nSPS) is 28.8. The van der Waals surface area contributed by atoms with Crippen molar-refractivity contribution in [3.63, 3.8) is 0 Å². The highest BCUT2D eigenvalue weighted by Crippen LogP contribution is 2.63. The molecule has 0 bridgehead atoms. The molecule has 0 aliphatic heterocycles. The Hall–Kier alpha value is -0.830. The summed E-state index contributed by atoms with van der Waals surface area (Å²) in [6.45, 7) is 3.02. The quantitative estimate of drug-likeness (QED) is 0.806. The summed E-state index contributed by atoms with van der Waals surface area (Å²) in [5.41, 5.74) is 7.72. The topological polar surface area (TPSA) is 52.0 Å². The average molecular weight is 206 g/mol. The Bertz CT molecular complexity index is 367. The minimum absolute atomic E-state index is 0.547. The third-order valence-electron chi connectivity index (χ3n) is 4.35. The van der Waals surface area contributed by atoms with Gasteiger partial charge in [0.05, 0.1) is 6.20 Å². The van der Waals surface area contributed by atoms with Crippen molar-refractivity contribution >= 4 is 0 Å². The van der Waals surface area contributed by atoms with E-state index in [0.717, 1.165) is 18.7 Å². The van der Waals surface area contributed by atoms with E-state index in [4.69, 9.17) is 10.3 Å². The smallest absolute Gasteiger partial charge is 0.140 e. The minimum Gasteiger partial charge on any atom is -0.361 e. The Kier molecular flexibility index (Phi) is 1.93. The van der Waals surface area contributed by atoms with Crippen molar-refractivity contribution in [2.24, 2.45) is 17.1 Å². The number of aryl methyl sites for hydroxylation is 1. The molecule has 0 radical (unpaired) electrons. The van der Waals surface area contributed by atoms with Crippen LogP contribution in [0.15, 0.2) is 10.7 Å². The lowest BCUT2D eigenvalue weighted by Crippen LogP contribution is -2.30. The molecule has 15 heavy (non-hydrogen) atoms. The minimum atomic E-state index is 0.547. The maximum Gasteiger partial charge on any atom is 0.140 e. The predicted octanol–water partition coefficient (Wildman–Crippen LogP) is 2.08. The molecule has 1 spiro atoms. The second-order valence-electron chi connectivity index (χ2n) is 5.26. The summed E-state index contributed by atoms with van der Waals surface area (Å²) in [5, 5.41) is 3.95. The maximum atomic E-state index is 5.83. The van der Waals surface area contributed by atoms with E-state index >= 15 is 0 Å². The highest BCUT2D eigenvalue weighted by atomic mass is 16.5. The molecule has 2 aliphatic rings. The van der Waals surface area contributed by atoms with Gasteiger partial charge in [-0.15, -0.1) is 0 Å². The molecule has 2 atom stereocenters. The molecule has 2 aliphatic carbocycles. The molecule has 0 saturated heterocycles. The van der Waals surface area contributed by atoms with Crippen LogP contribution in [0.3, 0.4) is 0 Å². The van der Waals surface area contributed by atoms with Gasteiger partial charge < -0.3 is 10.3 Å². The fourth-order valence-corrected chi connectivity index (χ4v) is 3.33. The molecule has 1 fully saturated rings. The van der Waals surface area contributed by atoms with Gasteiger partial charge in [0, 0.05) is 12.0 Å². The Morgan fingerprint density at radius 3 is 3.07 bits per heavy atom. The fraction of sp³-hybridized carbons (Fsp3) is 0.750. The summed E-state index contributed by atoms with van der Waals surface area (Å²) in [4.78, 5) is 0. The van der Waals surface area contributed by atoms with Crippen molar-refractivity contribution < 1.29 is 4.52 Å². The van der Waals surface area contributed by atoms with Gasteiger partial charge >= 0.3 is 0 Å². The Morgan fingerprint density at radius 2 is 2.40 bits per heavy atom. The number of hydrogen-bond acceptors (Lipinski definition) is 3. The molecule has 2 N–H and O–H groups in total. The molecular weight excluding hydrogens is 188 g/mol. The number of hydrogen-bond donors (Lipinski definition) is 1. The first kappa shape index (κ1) is 9.40. The first-order valence-electron chi connectivity index (χ1n) is 5.90. The lowest BCUT2D eigenvalue weighted by atomic mass is 9.69. The zero-order chi connectivity index (χ0) is 10.5. The fourth-order valence-electron chi connectivity index (χ4n) is 3.33. The van der Waals surface area contributed by atoms with Gasteiger partial charge in [-0.25, -0.2) is 0 Å². The van der Waals surface area contributed by atoms with E-state index in [2.05, 4.69) is 12.1 Å². The highest BCUT2D eigenvalue weighted by Gasteiger charge is 2.54. The first-order valence-corrected chi connectivity index (χ1v) is 5.90. The van der Waals surface area contributed by atoms with Crippen LogP contribution in [0.25, 0.3) is 0 Å². The van der Waals surface area contributed by atoms with Gasteiger partial charge in [0.25, 0.3) is 0 Å². The van der Waals surface area contributed by atoms with Crippen LogP contribution in [0, 0.1) is 11.3 Å². The third-order valence-corrected chi connectivity index (χ3v) is 4.35. The lowest BCUT2D eigenvalue weighted by molar-refractivity contribution is 0.252. The van der Waals surface area contributed by atoms with Crippen LogP contribution in [-0.2, 0) is 6.42 Å². The zero-order valence-electron chi connectivity index (χ0n) is 9.20. The van der Waals surface area contributed by atoms with Gasteiger partial charge in [0.2, 0.25) is 0 Å². The molecule has 3 rings (SSSR count). The number of fused-ring (bicyclic) bond motifs is 1. The summed E-state index contributed by atoms with van der Waals surface area (Å²) >= 11 is 0. The van der Waals surface area contributed by atoms with Gasteiger partial charge in [-0.1, -0.05) is 12.1 Å². The molecule has 1 aromatic rings. The van der Waals surface area contributed by atoms with Crippen molar-refractivity contribution in [2.75, 3.05) is 6.54 Å². The Morgan fingerprint density at radius 1 is 1.60 bits per heavy atom. The van der Waals surface area contributed by atoms with E-state index in [9.17, 15) is 0 Å². The molecule has 2 unspecified atom stereocenters. The summed E-state index contributed by atoms with van der Waals surface area (Å²) in [6, 6.07) is 0. The van der Waals surface area contributed by atoms with Crippen LogP contribution >= 0.6 is 0 Å². The van der Waals surface area contributed by atoms with Crippen LogP contribution in [0.1, 0.15) is 43.4 Å². The second-order valence-corrected chi connectivity index (χ2v) is 5.26. The molecule has 3 nitrogen and oxygen atoms in total. The van der Waals surface area contributed by atoms with Crippen molar-refractivity contribution in [2.45, 2.75) is 38.5 Å². The van der Waals surface area contributed by atoms with E-state index in [1.54, 1.807) is 0 Å². The summed E-state index contributed by atoms with van der Waals surface area (Å²) in [7, 11) is 0. The van der Waals surface area contributed by atoms with Crippen molar-refractivity contribution in [3.8, 4) is 0 Å². The monoisotopic (exact) mass is 206 g/mol. The van der Waals surface area contributed by atoms with E-state index in [1.165, 1.54) is 24.8 Å². The van der Waals surface area contributed by atoms with Crippen LogP contribution in [-0.4, -0.2) is 11.7 Å². The summed E-state index contributed by atoms with van der Waals surface area (Å²) in [5.74, 6) is 2.25. The maximum absolute atomic E-state index is 5.83. The van der Waals surface area contributed by atoms with Gasteiger partial charge in [0.1, 0.15) is 5.76 Å². The van der Waals surface area contributed by atoms with E-state index in [0.29, 0.717) is 17.3 Å². The van der Waals surface area contributed by atoms with Gasteiger partial charge in [0.15, 0.2) is 0 Å². The summed E-state index contributed by atoms with van der Waals surface area (Å²) < 4.78 is 5.31. The third kappa shape index (κ3) is 1.26. The average Bonchev–Trinajstić information content (AvgIpc) is 2.85. The molecule has 0 aromatic carbocycles. The second kappa shape index (κ2) is 3.08. The standard InChI is InChI=1S/C12H18N2O/c1-8(6-13)11-9-7-14-15-10(9)2-3-12(11)4-5-12/h7-8,11H,2-6,13H2,1H3. The predicted molar refractivity (Wildman–Crippen MR) is 57.5 cm³/mol. The van der Waals surface area contributed by atoms with E-state index in [1.807, 2.05) is 6.20 Å². The molecular formula is C12H18N2O. The van der Waals surface area contributed by atoms with Gasteiger partial charge in [-0.05, 0) is 43.1 Å². The highest BCUT2D eigenvalue weighted by molar-refractivity contribution is 5.30. The zero-order valence-corrected chi connectivity index (χ0v) is 9.20. The molecule has 0 amide bonds. The number of nitrogens with two attached hydrogens (primary N) is 1. The van der Waals surface area contributed by atoms with Crippen LogP contribution in [0.2, 0.25) is 0 Å². The van der Waals surface area contributed by atoms with Gasteiger partial charge in [-0.2, -0.15) is 0 Å². The molecule has 1 heterocycles. The Balaban J connectivity index is 2.01. The van der Waals surface area contributed by atoms with E-state index < -0.39 is 0 Å². The molecule has 3 heteroatoms. The molecule has 82 valence electrons. The molecule has 1 saturated carbocycles. The Labute approximate surface area is 90.0 Å². The van der Waals surface area contributed by atoms with Crippen LogP contribution in [0.4, 0.5) is 0 Å². The molecule has 1 aromatic heterocycles. The summed E-state index contributed by atoms with van der Waals surface area (Å²) in [6.07, 6.45) is 7.00. The number of nitrogens with zero attached hydrogens (tertiary/aromatic N) is 1. The van der Waals surface area contributed by atoms with Crippen LogP contribution in [0.5, 0.6) is 0 Å². The van der Waals surface area contributed by atoms with Crippen molar-refractivity contribution in [3.05, 3.63) is 17.5 Å². The number of aromatic nitrogens is 1. The van der Waals surface area contributed by atoms with Crippen molar-refractivity contribution in [1.82, 2.24) is 5.16 Å². The van der Waals surface area contributed by atoms with Gasteiger partial charge in [-0.3, -0.25) is 0 Å². The largest absolute Gasteiger partial charge is 0.361 e. The van der Waals surface area contributed by atoms with Crippen molar-refractivity contribution in [1.29, 1.82) is 0 Å². The number of rotatable bonds is 2. The first-order chi connectivity index (χ1) is 7.27. The SMILES string of the molecule is CC(CN)C1c2cnoc2CCC12CC2. The lowest BCUT2D eigenvalue weighted by Gasteiger charge is -2.34.